The molecule has 0 spiro atoms. The zero-order valence-corrected chi connectivity index (χ0v) is 11.8. The molecule has 0 heterocycles. The van der Waals surface area contributed by atoms with Crippen molar-refractivity contribution in [2.24, 2.45) is 0 Å². The van der Waals surface area contributed by atoms with Gasteiger partial charge in [-0.05, 0) is 25.1 Å². The highest BCUT2D eigenvalue weighted by molar-refractivity contribution is 9.10. The zero-order chi connectivity index (χ0) is 13.1. The third-order valence-electron chi connectivity index (χ3n) is 1.71. The minimum atomic E-state index is -3.37. The summed E-state index contributed by atoms with van der Waals surface area (Å²) in [5.41, 5.74) is 0.595. The number of hydrogen-bond acceptors (Lipinski definition) is 4. The van der Waals surface area contributed by atoms with E-state index in [-0.39, 0.29) is 12.2 Å². The Balaban J connectivity index is 3.06. The Morgan fingerprint density at radius 3 is 2.59 bits per heavy atom. The maximum absolute atomic E-state index is 11.5. The number of carbonyl (C=O) groups excluding carboxylic acids is 1. The maximum atomic E-state index is 11.5. The average molecular weight is 322 g/mol. The Morgan fingerprint density at radius 2 is 2.06 bits per heavy atom. The molecule has 0 saturated heterocycles. The van der Waals surface area contributed by atoms with Crippen molar-refractivity contribution >= 4 is 37.6 Å². The number of hydrogen-bond donors (Lipinski definition) is 1. The van der Waals surface area contributed by atoms with E-state index in [4.69, 9.17) is 4.74 Å². The molecule has 0 aliphatic carbocycles. The predicted octanol–water partition coefficient (Wildman–Crippen LogP) is 2.00. The second-order valence-corrected chi connectivity index (χ2v) is 5.99. The lowest BCUT2D eigenvalue weighted by molar-refractivity contribution is 0.0526. The van der Waals surface area contributed by atoms with E-state index in [1.54, 1.807) is 19.1 Å². The van der Waals surface area contributed by atoms with Gasteiger partial charge in [0.2, 0.25) is 10.0 Å². The minimum Gasteiger partial charge on any atom is -0.462 e. The first-order valence-corrected chi connectivity index (χ1v) is 7.46. The number of rotatable bonds is 4. The number of ether oxygens (including phenoxy) is 1. The molecule has 0 radical (unpaired) electrons. The van der Waals surface area contributed by atoms with Crippen LogP contribution in [0.25, 0.3) is 0 Å². The van der Waals surface area contributed by atoms with Crippen LogP contribution in [0.2, 0.25) is 0 Å². The Labute approximate surface area is 108 Å². The first-order chi connectivity index (χ1) is 7.81. The molecule has 0 saturated carbocycles. The van der Waals surface area contributed by atoms with E-state index in [1.165, 1.54) is 6.07 Å². The molecule has 17 heavy (non-hydrogen) atoms. The van der Waals surface area contributed by atoms with Gasteiger partial charge in [-0.2, -0.15) is 0 Å². The smallest absolute Gasteiger partial charge is 0.338 e. The van der Waals surface area contributed by atoms with Crippen LogP contribution in [0.1, 0.15) is 17.3 Å². The largest absolute Gasteiger partial charge is 0.462 e. The lowest BCUT2D eigenvalue weighted by atomic mass is 10.2. The van der Waals surface area contributed by atoms with Gasteiger partial charge in [-0.1, -0.05) is 15.9 Å². The summed E-state index contributed by atoms with van der Waals surface area (Å²) in [5, 5.41) is 0. The van der Waals surface area contributed by atoms with Gasteiger partial charge in [0.15, 0.2) is 0 Å². The molecule has 1 rings (SSSR count). The van der Waals surface area contributed by atoms with Crippen LogP contribution in [-0.2, 0) is 14.8 Å². The quantitative estimate of drug-likeness (QED) is 0.861. The Kier molecular flexibility index (Phi) is 4.53. The van der Waals surface area contributed by atoms with E-state index in [1.807, 2.05) is 0 Å². The van der Waals surface area contributed by atoms with Gasteiger partial charge in [-0.3, -0.25) is 4.72 Å². The van der Waals surface area contributed by atoms with Gasteiger partial charge in [0.1, 0.15) is 0 Å². The molecule has 1 aromatic carbocycles. The van der Waals surface area contributed by atoms with Crippen molar-refractivity contribution in [3.05, 3.63) is 28.2 Å². The molecule has 7 heteroatoms. The summed E-state index contributed by atoms with van der Waals surface area (Å²) in [5.74, 6) is -0.495. The van der Waals surface area contributed by atoms with Crippen LogP contribution in [0.3, 0.4) is 0 Å². The second kappa shape index (κ2) is 5.50. The molecule has 0 aliphatic heterocycles. The lowest BCUT2D eigenvalue weighted by Gasteiger charge is -2.07. The summed E-state index contributed by atoms with van der Waals surface area (Å²) in [7, 11) is -3.37. The van der Waals surface area contributed by atoms with E-state index >= 15 is 0 Å². The average Bonchev–Trinajstić information content (AvgIpc) is 2.14. The second-order valence-electron chi connectivity index (χ2n) is 3.32. The SMILES string of the molecule is CCOC(=O)c1cc(Br)cc(NS(C)(=O)=O)c1. The number of sulfonamides is 1. The topological polar surface area (TPSA) is 72.5 Å². The van der Waals surface area contributed by atoms with Crippen LogP contribution in [0.15, 0.2) is 22.7 Å². The van der Waals surface area contributed by atoms with Crippen molar-refractivity contribution in [3.63, 3.8) is 0 Å². The van der Waals surface area contributed by atoms with E-state index in [0.717, 1.165) is 6.26 Å². The normalized spacial score (nSPS) is 11.0. The molecule has 0 atom stereocenters. The first kappa shape index (κ1) is 14.0. The molecule has 5 nitrogen and oxygen atoms in total. The number of halogens is 1. The predicted molar refractivity (Wildman–Crippen MR) is 68.6 cm³/mol. The highest BCUT2D eigenvalue weighted by atomic mass is 79.9. The molecule has 0 unspecified atom stereocenters. The van der Waals surface area contributed by atoms with Gasteiger partial charge < -0.3 is 4.74 Å². The standard InChI is InChI=1S/C10H12BrNO4S/c1-3-16-10(13)7-4-8(11)6-9(5-7)12-17(2,14)15/h4-6,12H,3H2,1-2H3. The molecule has 1 aromatic rings. The van der Waals surface area contributed by atoms with Crippen LogP contribution in [0.5, 0.6) is 0 Å². The number of carbonyl (C=O) groups is 1. The molecule has 1 N–H and O–H groups in total. The summed E-state index contributed by atoms with van der Waals surface area (Å²) in [4.78, 5) is 11.5. The molecule has 0 fully saturated rings. The Morgan fingerprint density at radius 1 is 1.41 bits per heavy atom. The van der Waals surface area contributed by atoms with Crippen LogP contribution in [-0.4, -0.2) is 27.2 Å². The van der Waals surface area contributed by atoms with Crippen molar-refractivity contribution in [2.45, 2.75) is 6.92 Å². The zero-order valence-electron chi connectivity index (χ0n) is 9.36. The van der Waals surface area contributed by atoms with E-state index in [9.17, 15) is 13.2 Å². The highest BCUT2D eigenvalue weighted by Gasteiger charge is 2.10. The fourth-order valence-corrected chi connectivity index (χ4v) is 2.23. The fourth-order valence-electron chi connectivity index (χ4n) is 1.19. The molecule has 0 aromatic heterocycles. The Hall–Kier alpha value is -1.08. The van der Waals surface area contributed by atoms with Crippen LogP contribution >= 0.6 is 15.9 Å². The first-order valence-electron chi connectivity index (χ1n) is 4.77. The number of anilines is 1. The molecule has 0 amide bonds. The fraction of sp³-hybridized carbons (Fsp3) is 0.300. The van der Waals surface area contributed by atoms with Gasteiger partial charge in [0, 0.05) is 4.47 Å². The van der Waals surface area contributed by atoms with E-state index < -0.39 is 16.0 Å². The van der Waals surface area contributed by atoms with Crippen molar-refractivity contribution in [3.8, 4) is 0 Å². The van der Waals surface area contributed by atoms with E-state index in [0.29, 0.717) is 10.2 Å². The lowest BCUT2D eigenvalue weighted by Crippen LogP contribution is -2.11. The molecular weight excluding hydrogens is 310 g/mol. The van der Waals surface area contributed by atoms with Gasteiger partial charge in [-0.25, -0.2) is 13.2 Å². The van der Waals surface area contributed by atoms with Gasteiger partial charge in [-0.15, -0.1) is 0 Å². The summed E-state index contributed by atoms with van der Waals surface area (Å²) in [6, 6.07) is 4.54. The maximum Gasteiger partial charge on any atom is 0.338 e. The van der Waals surface area contributed by atoms with Crippen LogP contribution in [0, 0.1) is 0 Å². The van der Waals surface area contributed by atoms with E-state index in [2.05, 4.69) is 20.7 Å². The van der Waals surface area contributed by atoms with Crippen molar-refractivity contribution < 1.29 is 17.9 Å². The number of nitrogens with one attached hydrogen (secondary N) is 1. The summed E-state index contributed by atoms with van der Waals surface area (Å²) >= 11 is 3.20. The van der Waals surface area contributed by atoms with Crippen molar-refractivity contribution in [1.82, 2.24) is 0 Å². The van der Waals surface area contributed by atoms with Crippen molar-refractivity contribution in [1.29, 1.82) is 0 Å². The summed E-state index contributed by atoms with van der Waals surface area (Å²) in [6.07, 6.45) is 1.04. The van der Waals surface area contributed by atoms with Gasteiger partial charge in [0.25, 0.3) is 0 Å². The minimum absolute atomic E-state index is 0.264. The third kappa shape index (κ3) is 4.74. The monoisotopic (exact) mass is 321 g/mol. The van der Waals surface area contributed by atoms with Crippen molar-refractivity contribution in [2.75, 3.05) is 17.6 Å². The van der Waals surface area contributed by atoms with Crippen LogP contribution in [0.4, 0.5) is 5.69 Å². The van der Waals surface area contributed by atoms with Crippen LogP contribution < -0.4 is 4.72 Å². The molecule has 94 valence electrons. The highest BCUT2D eigenvalue weighted by Crippen LogP contribution is 2.21. The summed E-state index contributed by atoms with van der Waals surface area (Å²) < 4.78 is 29.9. The summed E-state index contributed by atoms with van der Waals surface area (Å²) in [6.45, 7) is 1.96. The molecule has 0 aliphatic rings. The molecular formula is C10H12BrNO4S. The molecule has 0 bridgehead atoms. The van der Waals surface area contributed by atoms with Gasteiger partial charge in [0.05, 0.1) is 24.1 Å². The Bertz CT molecular complexity index is 527. The number of benzene rings is 1. The van der Waals surface area contributed by atoms with Gasteiger partial charge >= 0.3 is 5.97 Å². The number of esters is 1. The third-order valence-corrected chi connectivity index (χ3v) is 2.78.